The smallest absolute Gasteiger partial charge is 0.397 e. The summed E-state index contributed by atoms with van der Waals surface area (Å²) in [6.07, 6.45) is -0.229. The lowest BCUT2D eigenvalue weighted by Crippen LogP contribution is -2.24. The summed E-state index contributed by atoms with van der Waals surface area (Å²) in [7, 11) is 1.38. The van der Waals surface area contributed by atoms with Crippen LogP contribution in [-0.2, 0) is 11.0 Å². The minimum atomic E-state index is -4.57. The Morgan fingerprint density at radius 1 is 1.41 bits per heavy atom. The van der Waals surface area contributed by atoms with Crippen molar-refractivity contribution < 1.29 is 18.0 Å². The van der Waals surface area contributed by atoms with Crippen molar-refractivity contribution in [2.24, 2.45) is 10.7 Å². The van der Waals surface area contributed by atoms with Crippen LogP contribution in [0, 0.1) is 0 Å². The van der Waals surface area contributed by atoms with Gasteiger partial charge in [0.2, 0.25) is 5.91 Å². The SMILES string of the molecule is CC(=O)N(C)c1cc(C(F)(F)F)cnc1Nc1nc(/C(N)=C/C2=NCCC2)cs1. The second-order valence-corrected chi connectivity index (χ2v) is 7.26. The summed E-state index contributed by atoms with van der Waals surface area (Å²) < 4.78 is 39.1. The van der Waals surface area contributed by atoms with E-state index in [4.69, 9.17) is 5.73 Å². The maximum absolute atomic E-state index is 13.0. The van der Waals surface area contributed by atoms with Gasteiger partial charge >= 0.3 is 6.18 Å². The first kappa shape index (κ1) is 20.8. The standard InChI is InChI=1S/C18H19F3N6OS/c1-10(28)27(2)15-6-11(18(19,20)21)8-24-16(15)26-17-25-14(9-29-17)13(22)7-12-4-3-5-23-12/h6-9H,3-5,22H2,1-2H3,(H,24,25,26)/b13-7-. The number of nitrogens with two attached hydrogens (primary N) is 1. The van der Waals surface area contributed by atoms with Crippen molar-refractivity contribution in [2.75, 3.05) is 23.8 Å². The van der Waals surface area contributed by atoms with Gasteiger partial charge in [0.25, 0.3) is 0 Å². The van der Waals surface area contributed by atoms with E-state index < -0.39 is 17.6 Å². The quantitative estimate of drug-likeness (QED) is 0.761. The molecule has 0 radical (unpaired) electrons. The molecule has 0 unspecified atom stereocenters. The molecule has 1 aliphatic rings. The third-order valence-electron chi connectivity index (χ3n) is 4.28. The highest BCUT2D eigenvalue weighted by Crippen LogP contribution is 2.35. The fourth-order valence-electron chi connectivity index (χ4n) is 2.63. The van der Waals surface area contributed by atoms with E-state index >= 15 is 0 Å². The molecule has 0 aliphatic carbocycles. The Balaban J connectivity index is 1.88. The molecule has 0 bridgehead atoms. The Kier molecular flexibility index (Phi) is 5.87. The van der Waals surface area contributed by atoms with Crippen LogP contribution in [0.4, 0.5) is 29.8 Å². The Morgan fingerprint density at radius 2 is 2.17 bits per heavy atom. The molecule has 0 spiro atoms. The molecule has 0 aromatic carbocycles. The number of carbonyl (C=O) groups excluding carboxylic acids is 1. The van der Waals surface area contributed by atoms with Crippen LogP contribution in [0.2, 0.25) is 0 Å². The summed E-state index contributed by atoms with van der Waals surface area (Å²) in [6, 6.07) is 0.873. The number of aliphatic imine (C=N–C) groups is 1. The van der Waals surface area contributed by atoms with Crippen LogP contribution < -0.4 is 16.0 Å². The van der Waals surface area contributed by atoms with E-state index in [1.165, 1.54) is 25.3 Å². The first-order valence-corrected chi connectivity index (χ1v) is 9.58. The molecule has 0 saturated heterocycles. The second kappa shape index (κ2) is 8.19. The topological polar surface area (TPSA) is 96.5 Å². The summed E-state index contributed by atoms with van der Waals surface area (Å²) in [5.74, 6) is -0.349. The number of thiazole rings is 1. The normalized spacial score (nSPS) is 14.7. The molecule has 2 aromatic rings. The fraction of sp³-hybridized carbons (Fsp3) is 0.333. The number of hydrogen-bond donors (Lipinski definition) is 2. The van der Waals surface area contributed by atoms with E-state index in [2.05, 4.69) is 20.3 Å². The number of rotatable bonds is 5. The van der Waals surface area contributed by atoms with Gasteiger partial charge in [-0.2, -0.15) is 13.2 Å². The van der Waals surface area contributed by atoms with Crippen molar-refractivity contribution in [3.8, 4) is 0 Å². The van der Waals surface area contributed by atoms with Gasteiger partial charge in [0.05, 0.1) is 22.6 Å². The summed E-state index contributed by atoms with van der Waals surface area (Å²) in [4.78, 5) is 25.3. The van der Waals surface area contributed by atoms with E-state index in [0.717, 1.165) is 36.1 Å². The van der Waals surface area contributed by atoms with Crippen molar-refractivity contribution in [2.45, 2.75) is 25.9 Å². The number of carbonyl (C=O) groups is 1. The molecule has 3 heterocycles. The molecule has 7 nitrogen and oxygen atoms in total. The lowest BCUT2D eigenvalue weighted by Gasteiger charge is -2.20. The zero-order chi connectivity index (χ0) is 21.2. The van der Waals surface area contributed by atoms with E-state index in [1.54, 1.807) is 11.5 Å². The second-order valence-electron chi connectivity index (χ2n) is 6.41. The van der Waals surface area contributed by atoms with Gasteiger partial charge in [-0.15, -0.1) is 11.3 Å². The summed E-state index contributed by atoms with van der Waals surface area (Å²) in [5, 5.41) is 4.99. The molecule has 154 valence electrons. The van der Waals surface area contributed by atoms with Crippen LogP contribution >= 0.6 is 11.3 Å². The predicted octanol–water partition coefficient (Wildman–Crippen LogP) is 3.82. The highest BCUT2D eigenvalue weighted by molar-refractivity contribution is 7.13. The van der Waals surface area contributed by atoms with Crippen molar-refractivity contribution in [3.05, 3.63) is 35.0 Å². The zero-order valence-corrected chi connectivity index (χ0v) is 16.6. The summed E-state index contributed by atoms with van der Waals surface area (Å²) in [6.45, 7) is 2.04. The number of nitrogens with one attached hydrogen (secondary N) is 1. The third-order valence-corrected chi connectivity index (χ3v) is 5.04. The molecular weight excluding hydrogens is 405 g/mol. The lowest BCUT2D eigenvalue weighted by atomic mass is 10.2. The van der Waals surface area contributed by atoms with Crippen LogP contribution in [0.15, 0.2) is 28.7 Å². The van der Waals surface area contributed by atoms with E-state index in [9.17, 15) is 18.0 Å². The van der Waals surface area contributed by atoms with Gasteiger partial charge in [-0.3, -0.25) is 9.79 Å². The summed E-state index contributed by atoms with van der Waals surface area (Å²) in [5.41, 5.74) is 7.01. The maximum Gasteiger partial charge on any atom is 0.417 e. The Bertz CT molecular complexity index is 982. The van der Waals surface area contributed by atoms with Crippen LogP contribution in [-0.4, -0.2) is 35.2 Å². The van der Waals surface area contributed by atoms with Crippen molar-refractivity contribution in [1.82, 2.24) is 9.97 Å². The zero-order valence-electron chi connectivity index (χ0n) is 15.7. The number of hydrogen-bond acceptors (Lipinski definition) is 7. The van der Waals surface area contributed by atoms with Gasteiger partial charge in [0.1, 0.15) is 0 Å². The molecule has 2 aromatic heterocycles. The maximum atomic E-state index is 13.0. The average Bonchev–Trinajstić information content (AvgIpc) is 3.32. The van der Waals surface area contributed by atoms with Crippen molar-refractivity contribution >= 4 is 45.3 Å². The lowest BCUT2D eigenvalue weighted by molar-refractivity contribution is -0.137. The monoisotopic (exact) mass is 424 g/mol. The van der Waals surface area contributed by atoms with Gasteiger partial charge in [-0.1, -0.05) is 0 Å². The minimum absolute atomic E-state index is 0.00657. The molecule has 0 atom stereocenters. The van der Waals surface area contributed by atoms with Gasteiger partial charge in [0, 0.05) is 37.8 Å². The van der Waals surface area contributed by atoms with Gasteiger partial charge in [-0.25, -0.2) is 9.97 Å². The fourth-order valence-corrected chi connectivity index (χ4v) is 3.35. The van der Waals surface area contributed by atoms with E-state index in [1.807, 2.05) is 0 Å². The highest BCUT2D eigenvalue weighted by Gasteiger charge is 2.32. The summed E-state index contributed by atoms with van der Waals surface area (Å²) >= 11 is 1.22. The number of anilines is 3. The van der Waals surface area contributed by atoms with Crippen LogP contribution in [0.5, 0.6) is 0 Å². The number of amides is 1. The van der Waals surface area contributed by atoms with E-state index in [-0.39, 0.29) is 11.5 Å². The molecule has 11 heteroatoms. The van der Waals surface area contributed by atoms with Crippen LogP contribution in [0.3, 0.4) is 0 Å². The molecule has 3 rings (SSSR count). The number of nitrogens with zero attached hydrogens (tertiary/aromatic N) is 4. The van der Waals surface area contributed by atoms with Gasteiger partial charge in [-0.05, 0) is 25.0 Å². The average molecular weight is 424 g/mol. The number of allylic oxidation sites excluding steroid dienone is 1. The Hall–Kier alpha value is -2.95. The first-order valence-electron chi connectivity index (χ1n) is 8.70. The molecule has 0 saturated carbocycles. The molecule has 29 heavy (non-hydrogen) atoms. The molecular formula is C18H19F3N6OS. The third kappa shape index (κ3) is 4.91. The number of alkyl halides is 3. The Labute approximate surface area is 169 Å². The molecule has 0 fully saturated rings. The van der Waals surface area contributed by atoms with Gasteiger partial charge < -0.3 is 16.0 Å². The first-order chi connectivity index (χ1) is 13.6. The number of aromatic nitrogens is 2. The van der Waals surface area contributed by atoms with E-state index in [0.29, 0.717) is 22.7 Å². The highest BCUT2D eigenvalue weighted by atomic mass is 32.1. The van der Waals surface area contributed by atoms with Crippen LogP contribution in [0.1, 0.15) is 31.0 Å². The largest absolute Gasteiger partial charge is 0.417 e. The molecule has 1 amide bonds. The van der Waals surface area contributed by atoms with Gasteiger partial charge in [0.15, 0.2) is 10.9 Å². The van der Waals surface area contributed by atoms with Crippen molar-refractivity contribution in [1.29, 1.82) is 0 Å². The molecule has 1 aliphatic heterocycles. The Morgan fingerprint density at radius 3 is 2.79 bits per heavy atom. The van der Waals surface area contributed by atoms with Crippen LogP contribution in [0.25, 0.3) is 5.70 Å². The molecule has 3 N–H and O–H groups in total. The van der Waals surface area contributed by atoms with Crippen molar-refractivity contribution in [3.63, 3.8) is 0 Å². The number of pyridine rings is 1. The number of halogens is 3. The minimum Gasteiger partial charge on any atom is -0.397 e. The predicted molar refractivity (Wildman–Crippen MR) is 107 cm³/mol.